The molecule has 10 N–H and O–H groups in total. The van der Waals surface area contributed by atoms with Crippen LogP contribution in [0.2, 0.25) is 0 Å². The van der Waals surface area contributed by atoms with Gasteiger partial charge in [0.1, 0.15) is 18.1 Å². The maximum atomic E-state index is 12.5. The molecule has 0 aliphatic rings. The zero-order chi connectivity index (χ0) is 23.1. The molecule has 4 unspecified atom stereocenters. The van der Waals surface area contributed by atoms with Crippen LogP contribution in [0.3, 0.4) is 0 Å². The van der Waals surface area contributed by atoms with Gasteiger partial charge in [-0.3, -0.25) is 14.4 Å². The van der Waals surface area contributed by atoms with Gasteiger partial charge in [0.25, 0.3) is 0 Å². The molecule has 174 valence electrons. The molecule has 0 saturated carbocycles. The fourth-order valence-corrected chi connectivity index (χ4v) is 2.83. The summed E-state index contributed by atoms with van der Waals surface area (Å²) in [6.07, 6.45) is 3.41. The second-order valence-electron chi connectivity index (χ2n) is 6.56. The van der Waals surface area contributed by atoms with Crippen molar-refractivity contribution in [2.24, 2.45) is 11.5 Å². The van der Waals surface area contributed by atoms with Crippen LogP contribution in [0.1, 0.15) is 25.7 Å². The predicted molar refractivity (Wildman–Crippen MR) is 111 cm³/mol. The monoisotopic (exact) mass is 451 g/mol. The van der Waals surface area contributed by atoms with E-state index in [4.69, 9.17) is 21.7 Å². The number of aliphatic hydroxyl groups excluding tert-OH is 2. The van der Waals surface area contributed by atoms with Crippen LogP contribution >= 0.6 is 11.8 Å². The number of thioether (sulfide) groups is 1. The molecule has 0 fully saturated rings. The van der Waals surface area contributed by atoms with E-state index in [-0.39, 0.29) is 6.42 Å². The summed E-state index contributed by atoms with van der Waals surface area (Å²) in [4.78, 5) is 48.0. The Hall–Kier alpha value is -1.93. The van der Waals surface area contributed by atoms with Crippen LogP contribution in [0, 0.1) is 0 Å². The number of carboxylic acids is 1. The Morgan fingerprint density at radius 1 is 0.867 bits per heavy atom. The highest BCUT2D eigenvalue weighted by molar-refractivity contribution is 7.98. The number of aliphatic carboxylic acids is 1. The van der Waals surface area contributed by atoms with Gasteiger partial charge in [0.2, 0.25) is 17.7 Å². The Kier molecular flexibility index (Phi) is 14.8. The number of unbranched alkanes of at least 4 members (excludes halogenated alkanes) is 1. The number of nitrogens with one attached hydrogen (secondary N) is 3. The zero-order valence-electron chi connectivity index (χ0n) is 17.0. The summed E-state index contributed by atoms with van der Waals surface area (Å²) in [6.45, 7) is -1.19. The maximum Gasteiger partial charge on any atom is 0.328 e. The highest BCUT2D eigenvalue weighted by Gasteiger charge is 2.29. The lowest BCUT2D eigenvalue weighted by Crippen LogP contribution is -2.58. The third kappa shape index (κ3) is 10.7. The van der Waals surface area contributed by atoms with Crippen molar-refractivity contribution in [3.05, 3.63) is 0 Å². The van der Waals surface area contributed by atoms with Crippen molar-refractivity contribution in [1.29, 1.82) is 0 Å². The molecule has 4 atom stereocenters. The van der Waals surface area contributed by atoms with E-state index in [1.807, 2.05) is 6.26 Å². The van der Waals surface area contributed by atoms with Gasteiger partial charge >= 0.3 is 5.97 Å². The van der Waals surface area contributed by atoms with E-state index in [0.717, 1.165) is 0 Å². The maximum absolute atomic E-state index is 12.5. The lowest BCUT2D eigenvalue weighted by molar-refractivity contribution is -0.143. The van der Waals surface area contributed by atoms with Gasteiger partial charge in [-0.2, -0.15) is 11.8 Å². The van der Waals surface area contributed by atoms with Gasteiger partial charge in [-0.1, -0.05) is 0 Å². The van der Waals surface area contributed by atoms with Crippen molar-refractivity contribution in [1.82, 2.24) is 16.0 Å². The highest BCUT2D eigenvalue weighted by Crippen LogP contribution is 2.03. The van der Waals surface area contributed by atoms with Crippen molar-refractivity contribution >= 4 is 35.5 Å². The molecule has 0 aromatic carbocycles. The number of nitrogens with two attached hydrogens (primary N) is 2. The number of hydrogen-bond acceptors (Lipinski definition) is 9. The quantitative estimate of drug-likeness (QED) is 0.109. The van der Waals surface area contributed by atoms with E-state index in [9.17, 15) is 24.3 Å². The van der Waals surface area contributed by atoms with Crippen LogP contribution < -0.4 is 27.4 Å². The lowest BCUT2D eigenvalue weighted by atomic mass is 10.1. The molecule has 0 bridgehead atoms. The SMILES string of the molecule is CSCCC(N)C(=O)NC(CO)C(=O)NC(CCCCN)C(=O)NC(CO)C(=O)O. The average Bonchev–Trinajstić information content (AvgIpc) is 2.72. The molecule has 0 aliphatic carbocycles. The van der Waals surface area contributed by atoms with Crippen molar-refractivity contribution in [3.8, 4) is 0 Å². The molecular weight excluding hydrogens is 418 g/mol. The Labute approximate surface area is 179 Å². The summed E-state index contributed by atoms with van der Waals surface area (Å²) >= 11 is 1.51. The van der Waals surface area contributed by atoms with Crippen LogP contribution in [0.4, 0.5) is 0 Å². The summed E-state index contributed by atoms with van der Waals surface area (Å²) in [7, 11) is 0. The first kappa shape index (κ1) is 28.1. The molecular formula is C17H33N5O7S. The summed E-state index contributed by atoms with van der Waals surface area (Å²) in [5.41, 5.74) is 11.2. The first-order valence-electron chi connectivity index (χ1n) is 9.51. The lowest BCUT2D eigenvalue weighted by Gasteiger charge is -2.24. The topological polar surface area (TPSA) is 217 Å². The number of hydrogen-bond donors (Lipinski definition) is 8. The van der Waals surface area contributed by atoms with Crippen LogP contribution in [0.25, 0.3) is 0 Å². The van der Waals surface area contributed by atoms with Gasteiger partial charge < -0.3 is 42.7 Å². The second-order valence-corrected chi connectivity index (χ2v) is 7.54. The van der Waals surface area contributed by atoms with E-state index in [2.05, 4.69) is 16.0 Å². The molecule has 0 aliphatic heterocycles. The molecule has 13 heteroatoms. The third-order valence-electron chi connectivity index (χ3n) is 4.16. The minimum absolute atomic E-state index is 0.145. The second kappa shape index (κ2) is 15.8. The number of amides is 3. The third-order valence-corrected chi connectivity index (χ3v) is 4.81. The standard InChI is InChI=1S/C17H33N5O7S/c1-30-7-5-10(19)14(25)21-12(8-23)16(27)20-11(4-2-3-6-18)15(26)22-13(9-24)17(28)29/h10-13,23-24H,2-9,18-19H2,1H3,(H,20,27)(H,21,25)(H,22,26)(H,28,29). The summed E-state index contributed by atoms with van der Waals surface area (Å²) < 4.78 is 0. The van der Waals surface area contributed by atoms with Crippen LogP contribution in [-0.4, -0.2) is 94.9 Å². The molecule has 30 heavy (non-hydrogen) atoms. The van der Waals surface area contributed by atoms with Gasteiger partial charge in [-0.05, 0) is 44.2 Å². The largest absolute Gasteiger partial charge is 0.480 e. The smallest absolute Gasteiger partial charge is 0.328 e. The van der Waals surface area contributed by atoms with Gasteiger partial charge in [0.15, 0.2) is 0 Å². The first-order chi connectivity index (χ1) is 14.2. The van der Waals surface area contributed by atoms with Gasteiger partial charge in [0.05, 0.1) is 19.3 Å². The molecule has 0 saturated heterocycles. The average molecular weight is 452 g/mol. The first-order valence-corrected chi connectivity index (χ1v) is 10.9. The Bertz CT molecular complexity index is 567. The summed E-state index contributed by atoms with van der Waals surface area (Å²) in [5, 5.41) is 34.4. The molecule has 0 aromatic rings. The normalized spacial score (nSPS) is 14.8. The van der Waals surface area contributed by atoms with Gasteiger partial charge in [-0.25, -0.2) is 4.79 Å². The highest BCUT2D eigenvalue weighted by atomic mass is 32.2. The molecule has 0 radical (unpaired) electrons. The van der Waals surface area contributed by atoms with Crippen molar-refractivity contribution < 1.29 is 34.5 Å². The van der Waals surface area contributed by atoms with Crippen LogP contribution in [-0.2, 0) is 19.2 Å². The Balaban J connectivity index is 5.10. The molecule has 0 rings (SSSR count). The summed E-state index contributed by atoms with van der Waals surface area (Å²) in [6, 6.07) is -4.87. The summed E-state index contributed by atoms with van der Waals surface area (Å²) in [5.74, 6) is -3.05. The number of carbonyl (C=O) groups is 4. The number of carbonyl (C=O) groups excluding carboxylic acids is 3. The number of rotatable bonds is 16. The Morgan fingerprint density at radius 2 is 1.40 bits per heavy atom. The number of aliphatic hydroxyl groups is 2. The van der Waals surface area contributed by atoms with E-state index in [0.29, 0.717) is 31.6 Å². The molecule has 0 heterocycles. The fourth-order valence-electron chi connectivity index (χ4n) is 2.34. The fraction of sp³-hybridized carbons (Fsp3) is 0.765. The van der Waals surface area contributed by atoms with Crippen molar-refractivity contribution in [2.75, 3.05) is 31.8 Å². The van der Waals surface area contributed by atoms with Crippen LogP contribution in [0.5, 0.6) is 0 Å². The molecule has 12 nitrogen and oxygen atoms in total. The predicted octanol–water partition coefficient (Wildman–Crippen LogP) is -3.28. The molecule has 0 aromatic heterocycles. The van der Waals surface area contributed by atoms with Crippen molar-refractivity contribution in [3.63, 3.8) is 0 Å². The molecule has 0 spiro atoms. The number of carboxylic acid groups (broad SMARTS) is 1. The zero-order valence-corrected chi connectivity index (χ0v) is 17.8. The van der Waals surface area contributed by atoms with E-state index < -0.39 is 61.1 Å². The Morgan fingerprint density at radius 3 is 1.90 bits per heavy atom. The minimum Gasteiger partial charge on any atom is -0.480 e. The minimum atomic E-state index is -1.53. The van der Waals surface area contributed by atoms with Gasteiger partial charge in [0, 0.05) is 0 Å². The van der Waals surface area contributed by atoms with E-state index in [1.54, 1.807) is 0 Å². The van der Waals surface area contributed by atoms with Crippen LogP contribution in [0.15, 0.2) is 0 Å². The van der Waals surface area contributed by atoms with Crippen molar-refractivity contribution in [2.45, 2.75) is 49.9 Å². The molecule has 3 amide bonds. The van der Waals surface area contributed by atoms with E-state index >= 15 is 0 Å². The van der Waals surface area contributed by atoms with E-state index in [1.165, 1.54) is 11.8 Å². The van der Waals surface area contributed by atoms with Gasteiger partial charge in [-0.15, -0.1) is 0 Å².